The van der Waals surface area contributed by atoms with Crippen LogP contribution in [0.5, 0.6) is 0 Å². The first-order chi connectivity index (χ1) is 12.4. The van der Waals surface area contributed by atoms with Gasteiger partial charge in [0.25, 0.3) is 11.6 Å². The van der Waals surface area contributed by atoms with Crippen LogP contribution >= 0.6 is 22.7 Å². The number of hydrogen-bond donors (Lipinski definition) is 1. The molecule has 0 bridgehead atoms. The number of amides is 1. The largest absolute Gasteiger partial charge is 0.448 e. The zero-order valence-corrected chi connectivity index (χ0v) is 15.3. The molecule has 3 rings (SSSR count). The number of carbonyl (C=O) groups is 2. The maximum absolute atomic E-state index is 12.3. The number of thiophene rings is 2. The van der Waals surface area contributed by atoms with Crippen molar-refractivity contribution in [1.82, 2.24) is 5.32 Å². The number of ether oxygens (including phenoxy) is 1. The number of carbonyl (C=O) groups excluding carboxylic acids is 2. The fourth-order valence-corrected chi connectivity index (χ4v) is 3.82. The molecule has 0 radical (unpaired) electrons. The van der Waals surface area contributed by atoms with Crippen LogP contribution in [0.2, 0.25) is 0 Å². The molecular formula is C17H14N2O5S2. The fourth-order valence-electron chi connectivity index (χ4n) is 2.25. The monoisotopic (exact) mass is 390 g/mol. The molecule has 1 N–H and O–H groups in total. The molecule has 7 nitrogen and oxygen atoms in total. The molecule has 1 atom stereocenters. The highest BCUT2D eigenvalue weighted by Crippen LogP contribution is 2.29. The van der Waals surface area contributed by atoms with Crippen molar-refractivity contribution in [1.29, 1.82) is 0 Å². The molecule has 1 amide bonds. The summed E-state index contributed by atoms with van der Waals surface area (Å²) in [5.41, 5.74) is -0.0449. The van der Waals surface area contributed by atoms with E-state index >= 15 is 0 Å². The Kier molecular flexibility index (Phi) is 5.29. The standard InChI is InChI=1S/C17H14N2O5S2/c1-10(16(20)18-9-13-3-2-6-25-13)24-17(21)15-8-11-7-12(19(22)23)4-5-14(11)26-15/h2-8,10H,9H2,1H3,(H,18,20)/t10-/m0/s1. The summed E-state index contributed by atoms with van der Waals surface area (Å²) in [6.45, 7) is 1.88. The van der Waals surface area contributed by atoms with Crippen molar-refractivity contribution >= 4 is 50.3 Å². The van der Waals surface area contributed by atoms with Gasteiger partial charge in [-0.05, 0) is 30.5 Å². The van der Waals surface area contributed by atoms with Crippen molar-refractivity contribution in [3.05, 3.63) is 61.6 Å². The highest BCUT2D eigenvalue weighted by molar-refractivity contribution is 7.20. The first-order valence-corrected chi connectivity index (χ1v) is 9.32. The van der Waals surface area contributed by atoms with Crippen LogP contribution in [0, 0.1) is 10.1 Å². The number of rotatable bonds is 6. The third-order valence-corrected chi connectivity index (χ3v) is 5.55. The van der Waals surface area contributed by atoms with E-state index in [1.807, 2.05) is 17.5 Å². The molecule has 26 heavy (non-hydrogen) atoms. The van der Waals surface area contributed by atoms with Gasteiger partial charge in [0, 0.05) is 27.1 Å². The number of fused-ring (bicyclic) bond motifs is 1. The van der Waals surface area contributed by atoms with Crippen LogP contribution in [0.3, 0.4) is 0 Å². The Balaban J connectivity index is 1.64. The molecule has 0 saturated heterocycles. The number of esters is 1. The van der Waals surface area contributed by atoms with Gasteiger partial charge in [-0.2, -0.15) is 0 Å². The maximum Gasteiger partial charge on any atom is 0.349 e. The Bertz CT molecular complexity index is 965. The number of hydrogen-bond acceptors (Lipinski definition) is 7. The SMILES string of the molecule is C[C@H](OC(=O)c1cc2cc([N+](=O)[O-])ccc2s1)C(=O)NCc1cccs1. The number of nitrogens with zero attached hydrogens (tertiary/aromatic N) is 1. The third kappa shape index (κ3) is 4.06. The molecule has 0 spiro atoms. The van der Waals surface area contributed by atoms with Crippen molar-refractivity contribution in [2.45, 2.75) is 19.6 Å². The van der Waals surface area contributed by atoms with Gasteiger partial charge < -0.3 is 10.1 Å². The van der Waals surface area contributed by atoms with Crippen molar-refractivity contribution in [2.75, 3.05) is 0 Å². The van der Waals surface area contributed by atoms with Crippen LogP contribution < -0.4 is 5.32 Å². The predicted molar refractivity (Wildman–Crippen MR) is 99.5 cm³/mol. The van der Waals surface area contributed by atoms with Crippen LogP contribution in [0.1, 0.15) is 21.5 Å². The van der Waals surface area contributed by atoms with E-state index in [0.29, 0.717) is 16.8 Å². The molecule has 2 heterocycles. The Labute approximate surface area is 156 Å². The highest BCUT2D eigenvalue weighted by Gasteiger charge is 2.21. The zero-order chi connectivity index (χ0) is 18.7. The molecule has 0 aliphatic heterocycles. The Morgan fingerprint density at radius 3 is 2.81 bits per heavy atom. The molecule has 0 fully saturated rings. The van der Waals surface area contributed by atoms with Crippen LogP contribution in [0.25, 0.3) is 10.1 Å². The Morgan fingerprint density at radius 1 is 1.31 bits per heavy atom. The van der Waals surface area contributed by atoms with Crippen molar-refractivity contribution in [3.63, 3.8) is 0 Å². The second-order valence-electron chi connectivity index (χ2n) is 5.43. The van der Waals surface area contributed by atoms with Crippen molar-refractivity contribution < 1.29 is 19.2 Å². The number of non-ortho nitro benzene ring substituents is 1. The lowest BCUT2D eigenvalue weighted by atomic mass is 10.2. The predicted octanol–water partition coefficient (Wildman–Crippen LogP) is 3.73. The summed E-state index contributed by atoms with van der Waals surface area (Å²) in [7, 11) is 0. The summed E-state index contributed by atoms with van der Waals surface area (Å²) in [6.07, 6.45) is -0.943. The van der Waals surface area contributed by atoms with Gasteiger partial charge in [-0.25, -0.2) is 4.79 Å². The second kappa shape index (κ2) is 7.63. The van der Waals surface area contributed by atoms with Crippen molar-refractivity contribution in [2.24, 2.45) is 0 Å². The average Bonchev–Trinajstić information content (AvgIpc) is 3.27. The normalized spacial score (nSPS) is 11.9. The summed E-state index contributed by atoms with van der Waals surface area (Å²) in [5, 5.41) is 16.0. The van der Waals surface area contributed by atoms with E-state index < -0.39 is 17.0 Å². The van der Waals surface area contributed by atoms with Crippen LogP contribution in [-0.4, -0.2) is 22.9 Å². The molecule has 0 aliphatic carbocycles. The molecule has 1 aromatic carbocycles. The Morgan fingerprint density at radius 2 is 2.12 bits per heavy atom. The highest BCUT2D eigenvalue weighted by atomic mass is 32.1. The summed E-state index contributed by atoms with van der Waals surface area (Å²) >= 11 is 2.69. The smallest absolute Gasteiger partial charge is 0.349 e. The lowest BCUT2D eigenvalue weighted by Crippen LogP contribution is -2.35. The summed E-state index contributed by atoms with van der Waals surface area (Å²) in [4.78, 5) is 35.9. The third-order valence-electron chi connectivity index (χ3n) is 3.58. The van der Waals surface area contributed by atoms with Gasteiger partial charge in [0.2, 0.25) is 0 Å². The second-order valence-corrected chi connectivity index (χ2v) is 7.55. The minimum atomic E-state index is -0.943. The van der Waals surface area contributed by atoms with E-state index in [9.17, 15) is 19.7 Å². The lowest BCUT2D eigenvalue weighted by molar-refractivity contribution is -0.384. The first-order valence-electron chi connectivity index (χ1n) is 7.63. The average molecular weight is 390 g/mol. The van der Waals surface area contributed by atoms with Crippen molar-refractivity contribution in [3.8, 4) is 0 Å². The van der Waals surface area contributed by atoms with E-state index in [4.69, 9.17) is 4.74 Å². The number of nitro groups is 1. The summed E-state index contributed by atoms with van der Waals surface area (Å²) in [6, 6.07) is 9.70. The van der Waals surface area contributed by atoms with Crippen LogP contribution in [0.4, 0.5) is 5.69 Å². The van der Waals surface area contributed by atoms with Gasteiger partial charge in [-0.1, -0.05) is 6.07 Å². The lowest BCUT2D eigenvalue weighted by Gasteiger charge is -2.12. The number of benzene rings is 1. The van der Waals surface area contributed by atoms with E-state index in [2.05, 4.69) is 5.32 Å². The van der Waals surface area contributed by atoms with E-state index in [-0.39, 0.29) is 11.6 Å². The van der Waals surface area contributed by atoms with E-state index in [1.165, 1.54) is 36.5 Å². The van der Waals surface area contributed by atoms with Gasteiger partial charge in [-0.15, -0.1) is 22.7 Å². The number of nitro benzene ring substituents is 1. The topological polar surface area (TPSA) is 98.5 Å². The Hall–Kier alpha value is -2.78. The molecule has 0 unspecified atom stereocenters. The van der Waals surface area contributed by atoms with Crippen LogP contribution in [0.15, 0.2) is 41.8 Å². The number of nitrogens with one attached hydrogen (secondary N) is 1. The minimum Gasteiger partial charge on any atom is -0.448 e. The van der Waals surface area contributed by atoms with Gasteiger partial charge >= 0.3 is 5.97 Å². The minimum absolute atomic E-state index is 0.0449. The van der Waals surface area contributed by atoms with Gasteiger partial charge in [0.05, 0.1) is 11.5 Å². The van der Waals surface area contributed by atoms with Gasteiger partial charge in [0.1, 0.15) is 4.88 Å². The summed E-state index contributed by atoms with van der Waals surface area (Å²) in [5.74, 6) is -1.02. The quantitative estimate of drug-likeness (QED) is 0.393. The molecule has 0 aliphatic rings. The summed E-state index contributed by atoms with van der Waals surface area (Å²) < 4.78 is 5.94. The molecular weight excluding hydrogens is 376 g/mol. The van der Waals surface area contributed by atoms with Crippen LogP contribution in [-0.2, 0) is 16.1 Å². The van der Waals surface area contributed by atoms with E-state index in [0.717, 1.165) is 20.9 Å². The first kappa shape index (κ1) is 18.0. The maximum atomic E-state index is 12.3. The fraction of sp³-hybridized carbons (Fsp3) is 0.176. The molecule has 2 aromatic heterocycles. The van der Waals surface area contributed by atoms with Gasteiger partial charge in [-0.3, -0.25) is 14.9 Å². The van der Waals surface area contributed by atoms with E-state index in [1.54, 1.807) is 6.07 Å². The molecule has 0 saturated carbocycles. The molecule has 134 valence electrons. The molecule has 9 heteroatoms. The zero-order valence-electron chi connectivity index (χ0n) is 13.6. The molecule has 3 aromatic rings. The van der Waals surface area contributed by atoms with Gasteiger partial charge in [0.15, 0.2) is 6.10 Å².